The van der Waals surface area contributed by atoms with Crippen LogP contribution in [0.2, 0.25) is 0 Å². The molecule has 2 rings (SSSR count). The molecule has 1 aromatic rings. The average molecular weight is 229 g/mol. The van der Waals surface area contributed by atoms with Crippen LogP contribution in [-0.4, -0.2) is 30.0 Å². The molecular formula is C10H16FN3S. The Bertz CT molecular complexity index is 320. The van der Waals surface area contributed by atoms with Crippen LogP contribution in [0.3, 0.4) is 0 Å². The zero-order chi connectivity index (χ0) is 10.7. The first-order valence-corrected chi connectivity index (χ1v) is 6.16. The summed E-state index contributed by atoms with van der Waals surface area (Å²) in [6.07, 6.45) is 3.78. The van der Waals surface area contributed by atoms with Crippen LogP contribution in [0, 0.1) is 5.95 Å². The van der Waals surface area contributed by atoms with E-state index in [0.29, 0.717) is 11.7 Å². The van der Waals surface area contributed by atoms with Gasteiger partial charge in [-0.05, 0) is 25.9 Å². The molecule has 3 nitrogen and oxygen atoms in total. The van der Waals surface area contributed by atoms with Crippen LogP contribution >= 0.6 is 11.3 Å². The summed E-state index contributed by atoms with van der Waals surface area (Å²) in [6, 6.07) is 0. The fourth-order valence-corrected chi connectivity index (χ4v) is 2.70. The largest absolute Gasteiger partial charge is 0.365 e. The van der Waals surface area contributed by atoms with Gasteiger partial charge in [0.25, 0.3) is 0 Å². The first-order valence-electron chi connectivity index (χ1n) is 5.35. The van der Waals surface area contributed by atoms with E-state index in [9.17, 15) is 4.39 Å². The summed E-state index contributed by atoms with van der Waals surface area (Å²) < 4.78 is 13.4. The maximum absolute atomic E-state index is 13.4. The summed E-state index contributed by atoms with van der Waals surface area (Å²) in [5, 5.41) is 3.54. The van der Waals surface area contributed by atoms with Crippen molar-refractivity contribution in [2.24, 2.45) is 0 Å². The van der Waals surface area contributed by atoms with E-state index in [4.69, 9.17) is 0 Å². The number of halogens is 1. The number of thiazole rings is 1. The van der Waals surface area contributed by atoms with E-state index in [1.807, 2.05) is 0 Å². The monoisotopic (exact) mass is 229 g/mol. The number of rotatable bonds is 3. The Kier molecular flexibility index (Phi) is 3.53. The molecule has 1 N–H and O–H groups in total. The predicted molar refractivity (Wildman–Crippen MR) is 60.7 cm³/mol. The lowest BCUT2D eigenvalue weighted by atomic mass is 10.1. The lowest BCUT2D eigenvalue weighted by Crippen LogP contribution is -2.29. The van der Waals surface area contributed by atoms with Crippen molar-refractivity contribution in [2.75, 3.05) is 25.5 Å². The van der Waals surface area contributed by atoms with Gasteiger partial charge in [0.05, 0.1) is 4.88 Å². The zero-order valence-electron chi connectivity index (χ0n) is 8.92. The van der Waals surface area contributed by atoms with E-state index >= 15 is 0 Å². The van der Waals surface area contributed by atoms with Crippen molar-refractivity contribution in [3.63, 3.8) is 0 Å². The van der Waals surface area contributed by atoms with Crippen molar-refractivity contribution in [1.29, 1.82) is 0 Å². The van der Waals surface area contributed by atoms with Gasteiger partial charge in [-0.25, -0.2) is 0 Å². The molecule has 0 aliphatic carbocycles. The molecular weight excluding hydrogens is 213 g/mol. The van der Waals surface area contributed by atoms with Crippen LogP contribution in [0.15, 0.2) is 0 Å². The van der Waals surface area contributed by atoms with Crippen molar-refractivity contribution in [3.8, 4) is 0 Å². The molecule has 1 aliphatic heterocycles. The topological polar surface area (TPSA) is 28.2 Å². The molecule has 0 amide bonds. The Labute approximate surface area is 93.3 Å². The summed E-state index contributed by atoms with van der Waals surface area (Å²) in [7, 11) is 1.77. The molecule has 0 radical (unpaired) electrons. The van der Waals surface area contributed by atoms with Crippen LogP contribution in [0.5, 0.6) is 0 Å². The van der Waals surface area contributed by atoms with E-state index < -0.39 is 0 Å². The van der Waals surface area contributed by atoms with Crippen molar-refractivity contribution in [3.05, 3.63) is 10.8 Å². The highest BCUT2D eigenvalue weighted by Crippen LogP contribution is 2.24. The smallest absolute Gasteiger partial charge is 0.230 e. The third kappa shape index (κ3) is 2.66. The molecule has 1 saturated heterocycles. The fraction of sp³-hybridized carbons (Fsp3) is 0.700. The van der Waals surface area contributed by atoms with Gasteiger partial charge < -0.3 is 5.32 Å². The normalized spacial score (nSPS) is 18.0. The maximum atomic E-state index is 13.4. The van der Waals surface area contributed by atoms with Gasteiger partial charge in [-0.3, -0.25) is 4.90 Å². The minimum atomic E-state index is -0.310. The van der Waals surface area contributed by atoms with E-state index in [2.05, 4.69) is 15.2 Å². The Hall–Kier alpha value is -0.680. The highest BCUT2D eigenvalue weighted by molar-refractivity contribution is 7.15. The van der Waals surface area contributed by atoms with Gasteiger partial charge in [-0.15, -0.1) is 0 Å². The number of nitrogens with zero attached hydrogens (tertiary/aromatic N) is 2. The van der Waals surface area contributed by atoms with E-state index in [1.165, 1.54) is 30.6 Å². The van der Waals surface area contributed by atoms with Crippen LogP contribution in [0.1, 0.15) is 24.1 Å². The summed E-state index contributed by atoms with van der Waals surface area (Å²) in [4.78, 5) is 6.86. The van der Waals surface area contributed by atoms with Gasteiger partial charge in [0.2, 0.25) is 5.95 Å². The van der Waals surface area contributed by atoms with Crippen molar-refractivity contribution in [1.82, 2.24) is 9.88 Å². The first kappa shape index (κ1) is 10.8. The second-order valence-corrected chi connectivity index (χ2v) is 4.90. The number of likely N-dealkylation sites (tertiary alicyclic amines) is 1. The van der Waals surface area contributed by atoms with Crippen molar-refractivity contribution >= 4 is 16.5 Å². The fourth-order valence-electron chi connectivity index (χ4n) is 1.86. The number of anilines is 1. The molecule has 0 bridgehead atoms. The molecule has 0 spiro atoms. The van der Waals surface area contributed by atoms with E-state index in [0.717, 1.165) is 18.0 Å². The van der Waals surface area contributed by atoms with Gasteiger partial charge in [0.1, 0.15) is 0 Å². The van der Waals surface area contributed by atoms with E-state index in [1.54, 1.807) is 7.05 Å². The van der Waals surface area contributed by atoms with Gasteiger partial charge >= 0.3 is 0 Å². The molecule has 15 heavy (non-hydrogen) atoms. The highest BCUT2D eigenvalue weighted by Gasteiger charge is 2.16. The lowest BCUT2D eigenvalue weighted by Gasteiger charge is -2.25. The summed E-state index contributed by atoms with van der Waals surface area (Å²) in [5.74, 6) is -0.310. The SMILES string of the molecule is CNc1nc(F)c(CN2CCCCC2)s1. The number of hydrogen-bond acceptors (Lipinski definition) is 4. The van der Waals surface area contributed by atoms with Gasteiger partial charge in [-0.1, -0.05) is 17.8 Å². The number of nitrogens with one attached hydrogen (secondary N) is 1. The van der Waals surface area contributed by atoms with Crippen LogP contribution < -0.4 is 5.32 Å². The third-order valence-corrected chi connectivity index (χ3v) is 3.71. The molecule has 0 unspecified atom stereocenters. The highest BCUT2D eigenvalue weighted by atomic mass is 32.1. The Balaban J connectivity index is 1.99. The summed E-state index contributed by atoms with van der Waals surface area (Å²) in [5.41, 5.74) is 0. The third-order valence-electron chi connectivity index (χ3n) is 2.68. The molecule has 1 aliphatic rings. The predicted octanol–water partition coefficient (Wildman–Crippen LogP) is 2.31. The molecule has 2 heterocycles. The minimum Gasteiger partial charge on any atom is -0.365 e. The number of piperidine rings is 1. The van der Waals surface area contributed by atoms with Crippen LogP contribution in [0.25, 0.3) is 0 Å². The lowest BCUT2D eigenvalue weighted by molar-refractivity contribution is 0.220. The molecule has 0 aromatic carbocycles. The average Bonchev–Trinajstić information content (AvgIpc) is 2.61. The summed E-state index contributed by atoms with van der Waals surface area (Å²) >= 11 is 1.41. The van der Waals surface area contributed by atoms with Gasteiger partial charge in [0.15, 0.2) is 5.13 Å². The maximum Gasteiger partial charge on any atom is 0.230 e. The molecule has 84 valence electrons. The zero-order valence-corrected chi connectivity index (χ0v) is 9.74. The van der Waals surface area contributed by atoms with Crippen LogP contribution in [-0.2, 0) is 6.54 Å². The summed E-state index contributed by atoms with van der Waals surface area (Å²) in [6.45, 7) is 2.89. The number of hydrogen-bond donors (Lipinski definition) is 1. The van der Waals surface area contributed by atoms with Crippen molar-refractivity contribution < 1.29 is 4.39 Å². The second kappa shape index (κ2) is 4.90. The Morgan fingerprint density at radius 2 is 2.13 bits per heavy atom. The molecule has 5 heteroatoms. The molecule has 0 saturated carbocycles. The Morgan fingerprint density at radius 3 is 2.73 bits per heavy atom. The molecule has 1 aromatic heterocycles. The quantitative estimate of drug-likeness (QED) is 0.862. The van der Waals surface area contributed by atoms with Crippen molar-refractivity contribution in [2.45, 2.75) is 25.8 Å². The van der Waals surface area contributed by atoms with E-state index in [-0.39, 0.29) is 5.95 Å². The second-order valence-electron chi connectivity index (χ2n) is 3.82. The van der Waals surface area contributed by atoms with Gasteiger partial charge in [-0.2, -0.15) is 9.37 Å². The molecule has 0 atom stereocenters. The number of aromatic nitrogens is 1. The standard InChI is InChI=1S/C10H16FN3S/c1-12-10-13-9(11)8(15-10)7-14-5-3-2-4-6-14/h2-7H2,1H3,(H,12,13). The first-order chi connectivity index (χ1) is 7.29. The molecule has 1 fully saturated rings. The van der Waals surface area contributed by atoms with Crippen LogP contribution in [0.4, 0.5) is 9.52 Å². The minimum absolute atomic E-state index is 0.310. The Morgan fingerprint density at radius 1 is 1.40 bits per heavy atom. The van der Waals surface area contributed by atoms with Gasteiger partial charge in [0, 0.05) is 13.6 Å².